The summed E-state index contributed by atoms with van der Waals surface area (Å²) in [6, 6.07) is 10.5. The monoisotopic (exact) mass is 400 g/mol. The molecule has 5 nitrogen and oxygen atoms in total. The van der Waals surface area contributed by atoms with Crippen molar-refractivity contribution in [3.8, 4) is 17.1 Å². The lowest BCUT2D eigenvalue weighted by Crippen LogP contribution is -2.21. The minimum Gasteiger partial charge on any atom is -0.474 e. The highest BCUT2D eigenvalue weighted by Gasteiger charge is 2.21. The van der Waals surface area contributed by atoms with Crippen LogP contribution in [-0.4, -0.2) is 18.7 Å². The Labute approximate surface area is 167 Å². The summed E-state index contributed by atoms with van der Waals surface area (Å²) in [7, 11) is 0. The number of halogens is 1. The molecule has 1 heterocycles. The topological polar surface area (TPSA) is 65.7 Å². The minimum atomic E-state index is -0.570. The van der Waals surface area contributed by atoms with E-state index in [9.17, 15) is 9.59 Å². The van der Waals surface area contributed by atoms with Crippen LogP contribution in [0, 0.1) is 13.8 Å². The summed E-state index contributed by atoms with van der Waals surface area (Å²) in [5.41, 5.74) is 2.52. The van der Waals surface area contributed by atoms with Gasteiger partial charge >= 0.3 is 5.97 Å². The van der Waals surface area contributed by atoms with Crippen molar-refractivity contribution in [3.05, 3.63) is 62.8 Å². The van der Waals surface area contributed by atoms with Crippen LogP contribution in [0.2, 0.25) is 5.02 Å². The van der Waals surface area contributed by atoms with Crippen LogP contribution < -0.4 is 10.2 Å². The van der Waals surface area contributed by atoms with E-state index in [1.54, 1.807) is 44.2 Å². The zero-order valence-corrected chi connectivity index (χ0v) is 16.9. The van der Waals surface area contributed by atoms with Gasteiger partial charge in [-0.15, -0.1) is 0 Å². The quantitative estimate of drug-likeness (QED) is 0.560. The molecular formula is C22H21ClO5. The fourth-order valence-electron chi connectivity index (χ4n) is 2.82. The molecule has 0 aliphatic carbocycles. The molecule has 146 valence electrons. The predicted octanol–water partition coefficient (Wildman–Crippen LogP) is 5.06. The second-order valence-electron chi connectivity index (χ2n) is 6.83. The van der Waals surface area contributed by atoms with E-state index in [1.165, 1.54) is 0 Å². The van der Waals surface area contributed by atoms with Crippen molar-refractivity contribution in [2.45, 2.75) is 33.8 Å². The van der Waals surface area contributed by atoms with E-state index in [1.807, 2.05) is 19.9 Å². The van der Waals surface area contributed by atoms with Crippen LogP contribution in [0.5, 0.6) is 5.75 Å². The number of benzene rings is 2. The SMILES string of the molecule is Cc1cc2oc(-c3ccccc3Cl)c(OCC(=O)OC(C)C)c(=O)c2cc1C. The number of rotatable bonds is 5. The summed E-state index contributed by atoms with van der Waals surface area (Å²) >= 11 is 6.31. The average molecular weight is 401 g/mol. The summed E-state index contributed by atoms with van der Waals surface area (Å²) in [6.07, 6.45) is -0.280. The van der Waals surface area contributed by atoms with Crippen LogP contribution >= 0.6 is 11.6 Å². The maximum atomic E-state index is 13.2. The second kappa shape index (κ2) is 8.07. The summed E-state index contributed by atoms with van der Waals surface area (Å²) < 4.78 is 16.7. The molecule has 0 bridgehead atoms. The van der Waals surface area contributed by atoms with Gasteiger partial charge in [0, 0.05) is 5.56 Å². The Morgan fingerprint density at radius 2 is 1.82 bits per heavy atom. The number of carbonyl (C=O) groups excluding carboxylic acids is 1. The molecule has 0 aliphatic heterocycles. The Kier molecular flexibility index (Phi) is 5.75. The van der Waals surface area contributed by atoms with Crippen molar-refractivity contribution in [1.82, 2.24) is 0 Å². The summed E-state index contributed by atoms with van der Waals surface area (Å²) in [5, 5.41) is 0.787. The zero-order chi connectivity index (χ0) is 20.4. The number of fused-ring (bicyclic) bond motifs is 1. The zero-order valence-electron chi connectivity index (χ0n) is 16.2. The van der Waals surface area contributed by atoms with Crippen LogP contribution in [0.15, 0.2) is 45.6 Å². The van der Waals surface area contributed by atoms with Gasteiger partial charge in [-0.25, -0.2) is 4.79 Å². The number of aryl methyl sites for hydroxylation is 2. The first-order valence-electron chi connectivity index (χ1n) is 8.93. The number of carbonyl (C=O) groups is 1. The Balaban J connectivity index is 2.18. The molecule has 0 unspecified atom stereocenters. The number of hydrogen-bond acceptors (Lipinski definition) is 5. The fraction of sp³-hybridized carbons (Fsp3) is 0.273. The predicted molar refractivity (Wildman–Crippen MR) is 109 cm³/mol. The van der Waals surface area contributed by atoms with Gasteiger partial charge in [-0.2, -0.15) is 0 Å². The second-order valence-corrected chi connectivity index (χ2v) is 7.24. The molecular weight excluding hydrogens is 380 g/mol. The smallest absolute Gasteiger partial charge is 0.344 e. The lowest BCUT2D eigenvalue weighted by Gasteiger charge is -2.14. The van der Waals surface area contributed by atoms with E-state index in [-0.39, 0.29) is 23.0 Å². The van der Waals surface area contributed by atoms with Crippen LogP contribution in [0.25, 0.3) is 22.3 Å². The molecule has 3 aromatic rings. The third-order valence-corrected chi connectivity index (χ3v) is 4.61. The maximum Gasteiger partial charge on any atom is 0.344 e. The molecule has 6 heteroatoms. The standard InChI is InChI=1S/C22H21ClO5/c1-12(2)27-19(24)11-26-22-20(25)16-9-13(3)14(4)10-18(16)28-21(22)15-7-5-6-8-17(15)23/h5-10,12H,11H2,1-4H3. The number of ether oxygens (including phenoxy) is 2. The van der Waals surface area contributed by atoms with Gasteiger partial charge in [-0.05, 0) is 63.1 Å². The molecule has 28 heavy (non-hydrogen) atoms. The van der Waals surface area contributed by atoms with E-state index in [0.717, 1.165) is 11.1 Å². The first-order chi connectivity index (χ1) is 13.3. The molecule has 1 aromatic heterocycles. The largest absolute Gasteiger partial charge is 0.474 e. The average Bonchev–Trinajstić information content (AvgIpc) is 2.62. The summed E-state index contributed by atoms with van der Waals surface area (Å²) in [5.74, 6) is -0.451. The molecule has 0 saturated heterocycles. The Morgan fingerprint density at radius 1 is 1.14 bits per heavy atom. The summed E-state index contributed by atoms with van der Waals surface area (Å²) in [6.45, 7) is 6.93. The van der Waals surface area contributed by atoms with Gasteiger partial charge in [0.1, 0.15) is 5.58 Å². The van der Waals surface area contributed by atoms with Crippen LogP contribution in [0.4, 0.5) is 0 Å². The molecule has 0 atom stereocenters. The van der Waals surface area contributed by atoms with E-state index >= 15 is 0 Å². The van der Waals surface area contributed by atoms with Crippen LogP contribution in [0.3, 0.4) is 0 Å². The molecule has 0 saturated carbocycles. The summed E-state index contributed by atoms with van der Waals surface area (Å²) in [4.78, 5) is 25.1. The molecule has 2 aromatic carbocycles. The normalized spacial score (nSPS) is 11.1. The Bertz CT molecular complexity index is 1100. The molecule has 0 fully saturated rings. The van der Waals surface area contributed by atoms with Crippen molar-refractivity contribution in [1.29, 1.82) is 0 Å². The van der Waals surface area contributed by atoms with Crippen molar-refractivity contribution in [2.24, 2.45) is 0 Å². The molecule has 0 spiro atoms. The van der Waals surface area contributed by atoms with Crippen molar-refractivity contribution in [3.63, 3.8) is 0 Å². The van der Waals surface area contributed by atoms with E-state index in [2.05, 4.69) is 0 Å². The van der Waals surface area contributed by atoms with Gasteiger partial charge in [0.05, 0.1) is 16.5 Å². The highest BCUT2D eigenvalue weighted by molar-refractivity contribution is 6.33. The lowest BCUT2D eigenvalue weighted by atomic mass is 10.0. The first-order valence-corrected chi connectivity index (χ1v) is 9.31. The molecule has 0 radical (unpaired) electrons. The van der Waals surface area contributed by atoms with Gasteiger partial charge < -0.3 is 13.9 Å². The molecule has 3 rings (SSSR count). The number of hydrogen-bond donors (Lipinski definition) is 0. The number of esters is 1. The van der Waals surface area contributed by atoms with Gasteiger partial charge in [-0.3, -0.25) is 4.79 Å². The maximum absolute atomic E-state index is 13.2. The highest BCUT2D eigenvalue weighted by Crippen LogP contribution is 2.35. The van der Waals surface area contributed by atoms with Gasteiger partial charge in [-0.1, -0.05) is 23.7 Å². The van der Waals surface area contributed by atoms with Gasteiger partial charge in [0.2, 0.25) is 11.2 Å². The van der Waals surface area contributed by atoms with Gasteiger partial charge in [0.25, 0.3) is 0 Å². The minimum absolute atomic E-state index is 0.0652. The third-order valence-electron chi connectivity index (χ3n) is 4.29. The fourth-order valence-corrected chi connectivity index (χ4v) is 3.04. The Hall–Kier alpha value is -2.79. The first kappa shape index (κ1) is 20.0. The van der Waals surface area contributed by atoms with E-state index in [0.29, 0.717) is 21.6 Å². The van der Waals surface area contributed by atoms with Crippen LogP contribution in [-0.2, 0) is 9.53 Å². The van der Waals surface area contributed by atoms with E-state index in [4.69, 9.17) is 25.5 Å². The molecule has 0 amide bonds. The highest BCUT2D eigenvalue weighted by atomic mass is 35.5. The molecule has 0 N–H and O–H groups in total. The van der Waals surface area contributed by atoms with E-state index < -0.39 is 12.6 Å². The third kappa shape index (κ3) is 4.04. The lowest BCUT2D eigenvalue weighted by molar-refractivity contribution is -0.149. The molecule has 0 aliphatic rings. The van der Waals surface area contributed by atoms with Crippen molar-refractivity contribution < 1.29 is 18.7 Å². The Morgan fingerprint density at radius 3 is 2.50 bits per heavy atom. The van der Waals surface area contributed by atoms with Crippen molar-refractivity contribution >= 4 is 28.5 Å². The van der Waals surface area contributed by atoms with Gasteiger partial charge in [0.15, 0.2) is 12.4 Å². The van der Waals surface area contributed by atoms with Crippen molar-refractivity contribution in [2.75, 3.05) is 6.61 Å². The van der Waals surface area contributed by atoms with Crippen LogP contribution in [0.1, 0.15) is 25.0 Å².